The minimum absolute atomic E-state index is 0.541. The van der Waals surface area contributed by atoms with Crippen molar-refractivity contribution in [3.8, 4) is 22.6 Å². The van der Waals surface area contributed by atoms with Gasteiger partial charge in [0.15, 0.2) is 0 Å². The maximum absolute atomic E-state index is 6.05. The van der Waals surface area contributed by atoms with Crippen molar-refractivity contribution in [1.82, 2.24) is 0 Å². The molecule has 2 nitrogen and oxygen atoms in total. The maximum Gasteiger partial charge on any atom is 0.127 e. The first-order valence-corrected chi connectivity index (χ1v) is 11.6. The molecule has 4 aromatic rings. The molecule has 0 bridgehead atoms. The second-order valence-corrected chi connectivity index (χ2v) is 8.05. The second-order valence-electron chi connectivity index (χ2n) is 8.05. The molecule has 0 aliphatic heterocycles. The Hall–Kier alpha value is -4.04. The second kappa shape index (κ2) is 11.7. The Morgan fingerprint density at radius 2 is 0.882 bits per heavy atom. The third-order valence-corrected chi connectivity index (χ3v) is 5.56. The van der Waals surface area contributed by atoms with Crippen molar-refractivity contribution in [3.63, 3.8) is 0 Å². The molecule has 0 fully saturated rings. The topological polar surface area (TPSA) is 18.5 Å². The van der Waals surface area contributed by atoms with Gasteiger partial charge in [-0.3, -0.25) is 0 Å². The van der Waals surface area contributed by atoms with Gasteiger partial charge in [-0.25, -0.2) is 0 Å². The predicted molar refractivity (Wildman–Crippen MR) is 143 cm³/mol. The minimum Gasteiger partial charge on any atom is -0.488 e. The van der Waals surface area contributed by atoms with Crippen LogP contribution in [0.2, 0.25) is 0 Å². The molecular weight excluding hydrogens is 416 g/mol. The van der Waals surface area contributed by atoms with Crippen molar-refractivity contribution < 1.29 is 9.47 Å². The first-order valence-electron chi connectivity index (χ1n) is 11.6. The molecule has 0 saturated heterocycles. The lowest BCUT2D eigenvalue weighted by atomic mass is 10.0. The van der Waals surface area contributed by atoms with Gasteiger partial charge >= 0.3 is 0 Å². The van der Waals surface area contributed by atoms with Crippen LogP contribution in [0.5, 0.6) is 11.5 Å². The lowest BCUT2D eigenvalue weighted by Crippen LogP contribution is -1.97. The van der Waals surface area contributed by atoms with Crippen molar-refractivity contribution in [2.24, 2.45) is 0 Å². The fourth-order valence-electron chi connectivity index (χ4n) is 3.77. The van der Waals surface area contributed by atoms with Crippen LogP contribution in [0.1, 0.15) is 36.1 Å². The monoisotopic (exact) mass is 446 g/mol. The van der Waals surface area contributed by atoms with E-state index >= 15 is 0 Å². The van der Waals surface area contributed by atoms with E-state index < -0.39 is 0 Å². The van der Waals surface area contributed by atoms with Crippen molar-refractivity contribution in [1.29, 1.82) is 0 Å². The highest BCUT2D eigenvalue weighted by atomic mass is 16.5. The molecule has 0 atom stereocenters. The van der Waals surface area contributed by atoms with Gasteiger partial charge in [-0.05, 0) is 48.2 Å². The van der Waals surface area contributed by atoms with Gasteiger partial charge in [0.05, 0.1) is 0 Å². The number of rotatable bonds is 9. The molecular formula is C32H30O2. The molecule has 0 aliphatic carbocycles. The smallest absolute Gasteiger partial charge is 0.127 e. The summed E-state index contributed by atoms with van der Waals surface area (Å²) in [6, 6.07) is 33.3. The van der Waals surface area contributed by atoms with E-state index in [-0.39, 0.29) is 0 Å². The Labute approximate surface area is 202 Å². The zero-order valence-electron chi connectivity index (χ0n) is 19.8. The van der Waals surface area contributed by atoms with E-state index in [9.17, 15) is 0 Å². The molecule has 2 heteroatoms. The first kappa shape index (κ1) is 23.1. The zero-order valence-corrected chi connectivity index (χ0v) is 19.8. The third kappa shape index (κ3) is 6.05. The van der Waals surface area contributed by atoms with Gasteiger partial charge in [-0.1, -0.05) is 109 Å². The van der Waals surface area contributed by atoms with E-state index in [1.54, 1.807) is 0 Å². The van der Waals surface area contributed by atoms with E-state index in [1.807, 2.05) is 62.4 Å². The highest BCUT2D eigenvalue weighted by Crippen LogP contribution is 2.24. The normalized spacial score (nSPS) is 11.2. The van der Waals surface area contributed by atoms with Crippen molar-refractivity contribution >= 4 is 12.2 Å². The van der Waals surface area contributed by atoms with Crippen molar-refractivity contribution in [2.75, 3.05) is 0 Å². The standard InChI is InChI=1S/C32H30O2/c1-3-9-29-11-5-7-13-31(29)33-23-25-15-19-27(20-16-25)28-21-17-26(18-22-28)24-34-32-14-8-6-12-30(32)10-4-2/h3-22H,23-24H2,1-2H3/b9-3+,10-4+. The molecule has 0 radical (unpaired) electrons. The van der Waals surface area contributed by atoms with Crippen LogP contribution >= 0.6 is 0 Å². The van der Waals surface area contributed by atoms with Crippen LogP contribution < -0.4 is 9.47 Å². The summed E-state index contributed by atoms with van der Waals surface area (Å²) in [5, 5.41) is 0. The summed E-state index contributed by atoms with van der Waals surface area (Å²) in [6.45, 7) is 5.11. The number of allylic oxidation sites excluding steroid dienone is 2. The fraction of sp³-hybridized carbons (Fsp3) is 0.125. The SMILES string of the molecule is C/C=C/c1ccccc1OCc1ccc(-c2ccc(COc3ccccc3/C=C/C)cc2)cc1. The number of hydrogen-bond donors (Lipinski definition) is 0. The Morgan fingerprint density at radius 3 is 1.26 bits per heavy atom. The van der Waals surface area contributed by atoms with Crippen LogP contribution in [0.4, 0.5) is 0 Å². The molecule has 0 saturated carbocycles. The summed E-state index contributed by atoms with van der Waals surface area (Å²) < 4.78 is 12.1. The molecule has 170 valence electrons. The van der Waals surface area contributed by atoms with Crippen LogP contribution in [0.15, 0.2) is 109 Å². The summed E-state index contributed by atoms with van der Waals surface area (Å²) in [7, 11) is 0. The van der Waals surface area contributed by atoms with E-state index in [0.29, 0.717) is 13.2 Å². The largest absolute Gasteiger partial charge is 0.488 e. The first-order chi connectivity index (χ1) is 16.8. The van der Waals surface area contributed by atoms with Crippen molar-refractivity contribution in [2.45, 2.75) is 27.1 Å². The van der Waals surface area contributed by atoms with Crippen LogP contribution in [0.25, 0.3) is 23.3 Å². The Morgan fingerprint density at radius 1 is 0.500 bits per heavy atom. The molecule has 4 rings (SSSR count). The van der Waals surface area contributed by atoms with Gasteiger partial charge in [-0.2, -0.15) is 0 Å². The predicted octanol–water partition coefficient (Wildman–Crippen LogP) is 8.58. The molecule has 0 aliphatic rings. The lowest BCUT2D eigenvalue weighted by Gasteiger charge is -2.11. The number of hydrogen-bond acceptors (Lipinski definition) is 2. The summed E-state index contributed by atoms with van der Waals surface area (Å²) >= 11 is 0. The molecule has 0 N–H and O–H groups in total. The molecule has 0 heterocycles. The molecule has 0 spiro atoms. The quantitative estimate of drug-likeness (QED) is 0.256. The maximum atomic E-state index is 6.05. The zero-order chi connectivity index (χ0) is 23.6. The molecule has 4 aromatic carbocycles. The molecule has 0 unspecified atom stereocenters. The third-order valence-electron chi connectivity index (χ3n) is 5.56. The van der Waals surface area contributed by atoms with Gasteiger partial charge in [0.1, 0.15) is 24.7 Å². The van der Waals surface area contributed by atoms with E-state index in [1.165, 1.54) is 11.1 Å². The molecule has 0 aromatic heterocycles. The molecule has 34 heavy (non-hydrogen) atoms. The Kier molecular flexibility index (Phi) is 7.97. The van der Waals surface area contributed by atoms with E-state index in [4.69, 9.17) is 9.47 Å². The Balaban J connectivity index is 1.36. The van der Waals surface area contributed by atoms with Gasteiger partial charge in [0.25, 0.3) is 0 Å². The number of ether oxygens (including phenoxy) is 2. The number of para-hydroxylation sites is 2. The van der Waals surface area contributed by atoms with Crippen LogP contribution in [-0.4, -0.2) is 0 Å². The van der Waals surface area contributed by atoms with E-state index in [0.717, 1.165) is 33.8 Å². The van der Waals surface area contributed by atoms with Crippen LogP contribution in [-0.2, 0) is 13.2 Å². The average Bonchev–Trinajstić information content (AvgIpc) is 2.89. The fourth-order valence-corrected chi connectivity index (χ4v) is 3.77. The average molecular weight is 447 g/mol. The summed E-state index contributed by atoms with van der Waals surface area (Å²) in [5.41, 5.74) is 6.84. The number of benzene rings is 4. The van der Waals surface area contributed by atoms with Gasteiger partial charge < -0.3 is 9.47 Å². The Bertz CT molecular complexity index is 1150. The highest BCUT2D eigenvalue weighted by Gasteiger charge is 2.04. The highest BCUT2D eigenvalue weighted by molar-refractivity contribution is 5.64. The minimum atomic E-state index is 0.541. The van der Waals surface area contributed by atoms with Crippen molar-refractivity contribution in [3.05, 3.63) is 131 Å². The van der Waals surface area contributed by atoms with Crippen LogP contribution in [0, 0.1) is 0 Å². The van der Waals surface area contributed by atoms with Gasteiger partial charge in [0.2, 0.25) is 0 Å². The van der Waals surface area contributed by atoms with Gasteiger partial charge in [0, 0.05) is 11.1 Å². The summed E-state index contributed by atoms with van der Waals surface area (Å²) in [5.74, 6) is 1.80. The van der Waals surface area contributed by atoms with Gasteiger partial charge in [-0.15, -0.1) is 0 Å². The van der Waals surface area contributed by atoms with Crippen LogP contribution in [0.3, 0.4) is 0 Å². The summed E-state index contributed by atoms with van der Waals surface area (Å²) in [6.07, 6.45) is 8.18. The van der Waals surface area contributed by atoms with E-state index in [2.05, 4.69) is 72.8 Å². The summed E-state index contributed by atoms with van der Waals surface area (Å²) in [4.78, 5) is 0. The lowest BCUT2D eigenvalue weighted by molar-refractivity contribution is 0.305. The molecule has 0 amide bonds.